The monoisotopic (exact) mass is 221 g/mol. The smallest absolute Gasteiger partial charge is 0.128 e. The number of hydrogen-bond acceptors (Lipinski definition) is 2. The molecule has 2 aliphatic rings. The van der Waals surface area contributed by atoms with E-state index < -0.39 is 0 Å². The van der Waals surface area contributed by atoms with Crippen LogP contribution < -0.4 is 15.2 Å². The minimum atomic E-state index is 0.129. The minimum Gasteiger partial charge on any atom is -0.485 e. The van der Waals surface area contributed by atoms with E-state index in [1.807, 2.05) is 12.3 Å². The van der Waals surface area contributed by atoms with Crippen LogP contribution in [0.15, 0.2) is 42.7 Å². The summed E-state index contributed by atoms with van der Waals surface area (Å²) >= 11 is 0. The lowest BCUT2D eigenvalue weighted by atomic mass is 9.91. The zero-order valence-corrected chi connectivity index (χ0v) is 9.21. The van der Waals surface area contributed by atoms with Gasteiger partial charge >= 0.3 is 0 Å². The van der Waals surface area contributed by atoms with Crippen molar-refractivity contribution in [1.29, 1.82) is 0 Å². The van der Waals surface area contributed by atoms with Crippen LogP contribution in [0, 0.1) is 0 Å². The molecule has 1 aromatic carbocycles. The van der Waals surface area contributed by atoms with Gasteiger partial charge in [-0.25, -0.2) is 0 Å². The second-order valence-corrected chi connectivity index (χ2v) is 4.48. The van der Waals surface area contributed by atoms with Crippen molar-refractivity contribution in [3.8, 4) is 5.75 Å². The molecule has 82 valence electrons. The van der Waals surface area contributed by atoms with Crippen molar-refractivity contribution in [3.05, 3.63) is 58.7 Å². The molecule has 17 heavy (non-hydrogen) atoms. The van der Waals surface area contributed by atoms with Gasteiger partial charge in [0.05, 0.1) is 0 Å². The zero-order chi connectivity index (χ0) is 11.2. The average molecular weight is 221 g/mol. The lowest BCUT2D eigenvalue weighted by molar-refractivity contribution is 0.288. The molecule has 1 aromatic heterocycles. The van der Waals surface area contributed by atoms with Gasteiger partial charge in [-0.15, -0.1) is 0 Å². The third kappa shape index (κ3) is 1.24. The van der Waals surface area contributed by atoms with E-state index >= 15 is 0 Å². The van der Waals surface area contributed by atoms with Crippen LogP contribution in [0.3, 0.4) is 0 Å². The molecule has 2 atom stereocenters. The largest absolute Gasteiger partial charge is 0.485 e. The fourth-order valence-electron chi connectivity index (χ4n) is 2.66. The Kier molecular flexibility index (Phi) is 1.69. The Hall–Kier alpha value is -2.09. The van der Waals surface area contributed by atoms with Crippen LogP contribution in [0.4, 0.5) is 0 Å². The maximum atomic E-state index is 5.94. The molecule has 0 spiro atoms. The fraction of sp³-hybridized carbons (Fsp3) is 0.133. The highest BCUT2D eigenvalue weighted by Gasteiger charge is 2.32. The van der Waals surface area contributed by atoms with Crippen LogP contribution in [-0.4, -0.2) is 11.1 Å². The van der Waals surface area contributed by atoms with Crippen molar-refractivity contribution in [2.45, 2.75) is 12.0 Å². The molecule has 0 bridgehead atoms. The molecule has 0 saturated heterocycles. The summed E-state index contributed by atoms with van der Waals surface area (Å²) in [6.07, 6.45) is 8.32. The molecular weight excluding hydrogens is 210 g/mol. The first kappa shape index (κ1) is 8.99. The van der Waals surface area contributed by atoms with Gasteiger partial charge in [0.15, 0.2) is 0 Å². The summed E-state index contributed by atoms with van der Waals surface area (Å²) in [6.45, 7) is 0. The molecule has 2 aromatic rings. The van der Waals surface area contributed by atoms with E-state index in [-0.39, 0.29) is 6.10 Å². The summed E-state index contributed by atoms with van der Waals surface area (Å²) in [5.74, 6) is 1.28. The van der Waals surface area contributed by atoms with Crippen molar-refractivity contribution in [1.82, 2.24) is 4.98 Å². The number of pyridine rings is 1. The summed E-state index contributed by atoms with van der Waals surface area (Å²) in [6, 6.07) is 10.4. The van der Waals surface area contributed by atoms with Gasteiger partial charge in [-0.3, -0.25) is 4.98 Å². The van der Waals surface area contributed by atoms with Crippen LogP contribution in [0.1, 0.15) is 11.5 Å². The third-order valence-corrected chi connectivity index (χ3v) is 3.49. The van der Waals surface area contributed by atoms with Gasteiger partial charge in [0.1, 0.15) is 11.9 Å². The van der Waals surface area contributed by atoms with Crippen LogP contribution in [0.2, 0.25) is 0 Å². The molecule has 2 heterocycles. The number of aromatic nitrogens is 1. The van der Waals surface area contributed by atoms with Crippen LogP contribution in [0.5, 0.6) is 5.75 Å². The van der Waals surface area contributed by atoms with Crippen LogP contribution in [-0.2, 0) is 0 Å². The zero-order valence-electron chi connectivity index (χ0n) is 9.21. The first-order chi connectivity index (χ1) is 8.42. The molecule has 2 unspecified atom stereocenters. The highest BCUT2D eigenvalue weighted by molar-refractivity contribution is 5.58. The minimum absolute atomic E-state index is 0.129. The molecule has 1 aliphatic carbocycles. The second kappa shape index (κ2) is 3.20. The van der Waals surface area contributed by atoms with Gasteiger partial charge in [-0.2, -0.15) is 0 Å². The Labute approximate surface area is 98.9 Å². The highest BCUT2D eigenvalue weighted by Crippen LogP contribution is 2.39. The Morgan fingerprint density at radius 3 is 2.71 bits per heavy atom. The summed E-state index contributed by atoms with van der Waals surface area (Å²) < 4.78 is 5.94. The molecule has 0 fully saturated rings. The van der Waals surface area contributed by atoms with Crippen molar-refractivity contribution >= 4 is 12.2 Å². The predicted octanol–water partition coefficient (Wildman–Crippen LogP) is 1.20. The maximum Gasteiger partial charge on any atom is 0.128 e. The summed E-state index contributed by atoms with van der Waals surface area (Å²) in [7, 11) is 0. The van der Waals surface area contributed by atoms with Crippen LogP contribution in [0.25, 0.3) is 12.2 Å². The SMILES string of the molecule is C1=c2ccccc2=CC2c3cnccc3OC12. The third-order valence-electron chi connectivity index (χ3n) is 3.49. The molecule has 0 N–H and O–H groups in total. The summed E-state index contributed by atoms with van der Waals surface area (Å²) in [4.78, 5) is 4.19. The van der Waals surface area contributed by atoms with E-state index in [1.54, 1.807) is 6.20 Å². The molecule has 0 radical (unpaired) electrons. The Bertz CT molecular complexity index is 705. The molecule has 2 heteroatoms. The van der Waals surface area contributed by atoms with E-state index in [1.165, 1.54) is 16.0 Å². The van der Waals surface area contributed by atoms with E-state index in [4.69, 9.17) is 4.74 Å². The first-order valence-electron chi connectivity index (χ1n) is 5.81. The van der Waals surface area contributed by atoms with Crippen molar-refractivity contribution in [2.24, 2.45) is 0 Å². The van der Waals surface area contributed by atoms with E-state index in [0.717, 1.165) is 5.75 Å². The number of fused-ring (bicyclic) bond motifs is 4. The van der Waals surface area contributed by atoms with Gasteiger partial charge in [-0.1, -0.05) is 30.3 Å². The quantitative estimate of drug-likeness (QED) is 0.667. The molecule has 2 nitrogen and oxygen atoms in total. The molecule has 1 aliphatic heterocycles. The Morgan fingerprint density at radius 2 is 1.82 bits per heavy atom. The average Bonchev–Trinajstić information content (AvgIpc) is 2.73. The lowest BCUT2D eigenvalue weighted by Crippen LogP contribution is -2.34. The summed E-state index contributed by atoms with van der Waals surface area (Å²) in [5.41, 5.74) is 1.20. The Morgan fingerprint density at radius 1 is 1.00 bits per heavy atom. The van der Waals surface area contributed by atoms with Crippen molar-refractivity contribution in [3.63, 3.8) is 0 Å². The molecule has 0 saturated carbocycles. The number of nitrogens with zero attached hydrogens (tertiary/aromatic N) is 1. The number of ether oxygens (including phenoxy) is 1. The van der Waals surface area contributed by atoms with E-state index in [2.05, 4.69) is 41.4 Å². The van der Waals surface area contributed by atoms with Crippen molar-refractivity contribution < 1.29 is 4.74 Å². The number of rotatable bonds is 0. The van der Waals surface area contributed by atoms with E-state index in [0.29, 0.717) is 5.92 Å². The summed E-state index contributed by atoms with van der Waals surface area (Å²) in [5, 5.41) is 2.54. The number of hydrogen-bond donors (Lipinski definition) is 0. The highest BCUT2D eigenvalue weighted by atomic mass is 16.5. The normalized spacial score (nSPS) is 23.5. The van der Waals surface area contributed by atoms with Gasteiger partial charge in [0.25, 0.3) is 0 Å². The van der Waals surface area contributed by atoms with Gasteiger partial charge < -0.3 is 4.74 Å². The molecule has 4 rings (SSSR count). The van der Waals surface area contributed by atoms with Gasteiger partial charge in [-0.05, 0) is 22.6 Å². The topological polar surface area (TPSA) is 22.1 Å². The second-order valence-electron chi connectivity index (χ2n) is 4.48. The lowest BCUT2D eigenvalue weighted by Gasteiger charge is -2.15. The Balaban J connectivity index is 1.97. The number of benzene rings is 1. The first-order valence-corrected chi connectivity index (χ1v) is 5.81. The van der Waals surface area contributed by atoms with Gasteiger partial charge in [0.2, 0.25) is 0 Å². The van der Waals surface area contributed by atoms with Gasteiger partial charge in [0, 0.05) is 23.9 Å². The molecule has 0 amide bonds. The van der Waals surface area contributed by atoms with Crippen molar-refractivity contribution in [2.75, 3.05) is 0 Å². The maximum absolute atomic E-state index is 5.94. The molecular formula is C15H11NO. The predicted molar refractivity (Wildman–Crippen MR) is 66.0 cm³/mol. The standard InChI is InChI=1S/C15H11NO/c1-2-4-11-8-15-12(7-10(11)3-1)13-9-16-6-5-14(13)17-15/h1-9,12,15H. The fourth-order valence-corrected chi connectivity index (χ4v) is 2.66. The van der Waals surface area contributed by atoms with E-state index in [9.17, 15) is 0 Å². The van der Waals surface area contributed by atoms with Crippen LogP contribution >= 0.6 is 0 Å².